The Hall–Kier alpha value is -3.80. The van der Waals surface area contributed by atoms with E-state index in [2.05, 4.69) is 25.3 Å². The molecule has 3 N–H and O–H groups in total. The number of aromatic amines is 1. The van der Waals surface area contributed by atoms with Gasteiger partial charge in [0.25, 0.3) is 5.91 Å². The molecule has 0 saturated carbocycles. The number of pyridine rings is 2. The predicted octanol–water partition coefficient (Wildman–Crippen LogP) is 3.16. The molecule has 0 radical (unpaired) electrons. The highest BCUT2D eigenvalue weighted by atomic mass is 19.4. The summed E-state index contributed by atoms with van der Waals surface area (Å²) < 4.78 is 36.7. The number of hydrogen-bond donors (Lipinski definition) is 3. The van der Waals surface area contributed by atoms with Gasteiger partial charge in [0.05, 0.1) is 17.9 Å². The molecule has 33 heavy (non-hydrogen) atoms. The molecule has 9 nitrogen and oxygen atoms in total. The van der Waals surface area contributed by atoms with Crippen molar-refractivity contribution in [2.45, 2.75) is 20.0 Å². The number of methoxy groups -OCH3 is 1. The van der Waals surface area contributed by atoms with E-state index in [0.29, 0.717) is 18.7 Å². The van der Waals surface area contributed by atoms with Crippen LogP contribution in [-0.4, -0.2) is 63.4 Å². The average Bonchev–Trinajstić information content (AvgIpc) is 3.12. The molecular formula is C21H22F3N5O4. The number of amides is 1. The summed E-state index contributed by atoms with van der Waals surface area (Å²) in [7, 11) is 1.59. The number of rotatable bonds is 6. The SMILES string of the molecule is COCCNC(=O)c1cncc(-c2ccnc(-c3nc(C)c(C)[nH]3)c2)c1.O=C(O)C(F)(F)F. The first-order chi connectivity index (χ1) is 15.5. The Morgan fingerprint density at radius 2 is 1.88 bits per heavy atom. The van der Waals surface area contributed by atoms with E-state index in [4.69, 9.17) is 14.6 Å². The number of H-pyrrole nitrogens is 1. The van der Waals surface area contributed by atoms with Crippen LogP contribution in [0.5, 0.6) is 0 Å². The summed E-state index contributed by atoms with van der Waals surface area (Å²) in [6.45, 7) is 4.85. The first kappa shape index (κ1) is 25.5. The number of hydrogen-bond acceptors (Lipinski definition) is 6. The van der Waals surface area contributed by atoms with Crippen LogP contribution in [0.3, 0.4) is 0 Å². The number of nitrogens with one attached hydrogen (secondary N) is 2. The lowest BCUT2D eigenvalue weighted by Crippen LogP contribution is -2.27. The number of halogens is 3. The van der Waals surface area contributed by atoms with E-state index in [1.807, 2.05) is 32.0 Å². The first-order valence-electron chi connectivity index (χ1n) is 9.55. The standard InChI is InChI=1S/C19H21N5O2.C2HF3O2/c1-12-13(2)24-18(23-12)17-9-14(4-5-21-17)15-8-16(11-20-10-15)19(25)22-6-7-26-3;3-2(4,5)1(6)7/h4-5,8-11H,6-7H2,1-3H3,(H,22,25)(H,23,24);(H,6,7). The Balaban J connectivity index is 0.000000479. The van der Waals surface area contributed by atoms with Gasteiger partial charge in [-0.2, -0.15) is 13.2 Å². The summed E-state index contributed by atoms with van der Waals surface area (Å²) in [5, 5.41) is 9.92. The van der Waals surface area contributed by atoms with Gasteiger partial charge in [-0.1, -0.05) is 0 Å². The van der Waals surface area contributed by atoms with Crippen molar-refractivity contribution in [2.75, 3.05) is 20.3 Å². The molecule has 0 fully saturated rings. The van der Waals surface area contributed by atoms with Crippen LogP contribution in [0, 0.1) is 13.8 Å². The smallest absolute Gasteiger partial charge is 0.475 e. The van der Waals surface area contributed by atoms with Crippen LogP contribution < -0.4 is 5.32 Å². The predicted molar refractivity (Wildman–Crippen MR) is 112 cm³/mol. The van der Waals surface area contributed by atoms with Crippen molar-refractivity contribution in [3.05, 3.63) is 53.7 Å². The quantitative estimate of drug-likeness (QED) is 0.477. The van der Waals surface area contributed by atoms with Gasteiger partial charge in [0.1, 0.15) is 5.69 Å². The van der Waals surface area contributed by atoms with Crippen LogP contribution in [0.25, 0.3) is 22.6 Å². The first-order valence-corrected chi connectivity index (χ1v) is 9.55. The number of alkyl halides is 3. The summed E-state index contributed by atoms with van der Waals surface area (Å²) in [4.78, 5) is 37.4. The number of aliphatic carboxylic acids is 1. The second-order valence-electron chi connectivity index (χ2n) is 6.74. The van der Waals surface area contributed by atoms with Gasteiger partial charge in [0.15, 0.2) is 5.82 Å². The summed E-state index contributed by atoms with van der Waals surface area (Å²) in [5.74, 6) is -2.21. The Bertz CT molecular complexity index is 1100. The van der Waals surface area contributed by atoms with E-state index in [-0.39, 0.29) is 5.91 Å². The van der Waals surface area contributed by atoms with Crippen molar-refractivity contribution >= 4 is 11.9 Å². The number of carboxylic acids is 1. The van der Waals surface area contributed by atoms with Gasteiger partial charge in [-0.15, -0.1) is 0 Å². The lowest BCUT2D eigenvalue weighted by molar-refractivity contribution is -0.192. The molecule has 3 rings (SSSR count). The molecular weight excluding hydrogens is 443 g/mol. The molecule has 0 bridgehead atoms. The molecule has 0 unspecified atom stereocenters. The molecule has 0 aliphatic carbocycles. The van der Waals surface area contributed by atoms with E-state index >= 15 is 0 Å². The van der Waals surface area contributed by atoms with Crippen LogP contribution in [0.2, 0.25) is 0 Å². The van der Waals surface area contributed by atoms with Crippen molar-refractivity contribution in [1.29, 1.82) is 0 Å². The van der Waals surface area contributed by atoms with E-state index in [0.717, 1.165) is 34.0 Å². The van der Waals surface area contributed by atoms with Crippen LogP contribution in [0.4, 0.5) is 13.2 Å². The number of carbonyl (C=O) groups excluding carboxylic acids is 1. The minimum absolute atomic E-state index is 0.178. The number of carboxylic acid groups (broad SMARTS) is 1. The topological polar surface area (TPSA) is 130 Å². The third kappa shape index (κ3) is 7.38. The molecule has 0 spiro atoms. The second-order valence-corrected chi connectivity index (χ2v) is 6.74. The Morgan fingerprint density at radius 3 is 2.45 bits per heavy atom. The fourth-order valence-electron chi connectivity index (χ4n) is 2.50. The maximum absolute atomic E-state index is 12.2. The monoisotopic (exact) mass is 465 g/mol. The van der Waals surface area contributed by atoms with Crippen LogP contribution in [-0.2, 0) is 9.53 Å². The van der Waals surface area contributed by atoms with Gasteiger partial charge in [0.2, 0.25) is 0 Å². The number of imidazole rings is 1. The minimum atomic E-state index is -5.08. The van der Waals surface area contributed by atoms with Gasteiger partial charge in [-0.05, 0) is 37.6 Å². The zero-order valence-corrected chi connectivity index (χ0v) is 18.0. The second kappa shape index (κ2) is 11.2. The maximum Gasteiger partial charge on any atom is 0.490 e. The van der Waals surface area contributed by atoms with E-state index in [9.17, 15) is 18.0 Å². The highest BCUT2D eigenvalue weighted by molar-refractivity contribution is 5.95. The molecule has 0 aliphatic rings. The zero-order chi connectivity index (χ0) is 24.6. The molecule has 176 valence electrons. The number of carbonyl (C=O) groups is 2. The molecule has 1 amide bonds. The van der Waals surface area contributed by atoms with Crippen molar-refractivity contribution in [3.63, 3.8) is 0 Å². The normalized spacial score (nSPS) is 10.8. The lowest BCUT2D eigenvalue weighted by atomic mass is 10.1. The van der Waals surface area contributed by atoms with Crippen molar-refractivity contribution in [3.8, 4) is 22.6 Å². The van der Waals surface area contributed by atoms with E-state index in [1.165, 1.54) is 0 Å². The van der Waals surface area contributed by atoms with Gasteiger partial charge < -0.3 is 20.1 Å². The molecule has 0 saturated heterocycles. The highest BCUT2D eigenvalue weighted by Crippen LogP contribution is 2.24. The van der Waals surface area contributed by atoms with Crippen LogP contribution in [0.1, 0.15) is 21.7 Å². The molecule has 3 heterocycles. The van der Waals surface area contributed by atoms with Gasteiger partial charge >= 0.3 is 12.1 Å². The third-order valence-electron chi connectivity index (χ3n) is 4.30. The Kier molecular flexibility index (Phi) is 8.63. The minimum Gasteiger partial charge on any atom is -0.475 e. The number of nitrogens with zero attached hydrogens (tertiary/aromatic N) is 3. The third-order valence-corrected chi connectivity index (χ3v) is 4.30. The number of aromatic nitrogens is 4. The van der Waals surface area contributed by atoms with Gasteiger partial charge in [-0.3, -0.25) is 14.8 Å². The van der Waals surface area contributed by atoms with Gasteiger partial charge in [0, 0.05) is 43.5 Å². The number of aryl methyl sites for hydroxylation is 2. The Labute approximate surface area is 187 Å². The molecule has 0 aromatic carbocycles. The van der Waals surface area contributed by atoms with Crippen molar-refractivity contribution in [2.24, 2.45) is 0 Å². The zero-order valence-electron chi connectivity index (χ0n) is 18.0. The number of ether oxygens (including phenoxy) is 1. The highest BCUT2D eigenvalue weighted by Gasteiger charge is 2.38. The lowest BCUT2D eigenvalue weighted by Gasteiger charge is -2.07. The van der Waals surface area contributed by atoms with E-state index in [1.54, 1.807) is 25.7 Å². The van der Waals surface area contributed by atoms with Crippen LogP contribution in [0.15, 0.2) is 36.8 Å². The molecule has 12 heteroatoms. The van der Waals surface area contributed by atoms with Crippen molar-refractivity contribution in [1.82, 2.24) is 25.3 Å². The largest absolute Gasteiger partial charge is 0.490 e. The fraction of sp³-hybridized carbons (Fsp3) is 0.286. The van der Waals surface area contributed by atoms with E-state index < -0.39 is 12.1 Å². The summed E-state index contributed by atoms with van der Waals surface area (Å²) in [6, 6.07) is 5.63. The van der Waals surface area contributed by atoms with Gasteiger partial charge in [-0.25, -0.2) is 9.78 Å². The van der Waals surface area contributed by atoms with Crippen LogP contribution >= 0.6 is 0 Å². The average molecular weight is 465 g/mol. The summed E-state index contributed by atoms with van der Waals surface area (Å²) in [6.07, 6.45) is -0.0835. The maximum atomic E-state index is 12.2. The molecule has 0 aliphatic heterocycles. The molecule has 0 atom stereocenters. The van der Waals surface area contributed by atoms with Crippen molar-refractivity contribution < 1.29 is 32.6 Å². The molecule has 3 aromatic heterocycles. The Morgan fingerprint density at radius 1 is 1.18 bits per heavy atom. The fourth-order valence-corrected chi connectivity index (χ4v) is 2.50. The summed E-state index contributed by atoms with van der Waals surface area (Å²) in [5.41, 5.74) is 4.97. The summed E-state index contributed by atoms with van der Waals surface area (Å²) >= 11 is 0. The molecule has 3 aromatic rings.